The molecule has 0 aromatic carbocycles. The monoisotopic (exact) mass is 215 g/mol. The molecule has 0 aliphatic rings. The van der Waals surface area contributed by atoms with E-state index in [4.69, 9.17) is 0 Å². The van der Waals surface area contributed by atoms with E-state index < -0.39 is 27.1 Å². The van der Waals surface area contributed by atoms with Gasteiger partial charge in [0.1, 0.15) is 0 Å². The number of carbonyl (C=O) groups excluding carboxylic acids is 1. The van der Waals surface area contributed by atoms with Crippen LogP contribution in [0.4, 0.5) is 8.78 Å². The summed E-state index contributed by atoms with van der Waals surface area (Å²) < 4.78 is 55.0. The number of hydrogen-bond acceptors (Lipinski definition) is 4. The van der Waals surface area contributed by atoms with E-state index in [1.54, 1.807) is 0 Å². The fourth-order valence-corrected chi connectivity index (χ4v) is 1.04. The number of Topliss-reactive ketones (excluding diaryl/α,β-unsaturated/α-hetero) is 1. The largest absolute Gasteiger partial charge is 0.743 e. The molecule has 0 radical (unpaired) electrons. The fourth-order valence-electron chi connectivity index (χ4n) is 0.595. The first-order valence-corrected chi connectivity index (χ1v) is 4.93. The van der Waals surface area contributed by atoms with Crippen LogP contribution in [-0.4, -0.2) is 24.0 Å². The Balaban J connectivity index is 4.97. The Hall–Kier alpha value is -0.560. The molecule has 1 unspecified atom stereocenters. The van der Waals surface area contributed by atoms with E-state index in [1.165, 1.54) is 6.92 Å². The van der Waals surface area contributed by atoms with Crippen molar-refractivity contribution >= 4 is 15.9 Å². The SMILES string of the molecule is CCC(C)C(=O)C(F)(F)S(=O)(=O)[O-]. The zero-order valence-corrected chi connectivity index (χ0v) is 7.90. The van der Waals surface area contributed by atoms with Crippen LogP contribution in [0.5, 0.6) is 0 Å². The molecular weight excluding hydrogens is 206 g/mol. The molecule has 0 aliphatic carbocycles. The summed E-state index contributed by atoms with van der Waals surface area (Å²) in [6.45, 7) is 2.58. The average Bonchev–Trinajstić information content (AvgIpc) is 1.99. The highest BCUT2D eigenvalue weighted by atomic mass is 32.2. The van der Waals surface area contributed by atoms with Gasteiger partial charge in [-0.2, -0.15) is 8.78 Å². The second kappa shape index (κ2) is 3.67. The third kappa shape index (κ3) is 2.44. The van der Waals surface area contributed by atoms with E-state index >= 15 is 0 Å². The van der Waals surface area contributed by atoms with Crippen LogP contribution in [0.1, 0.15) is 20.3 Å². The molecule has 0 spiro atoms. The van der Waals surface area contributed by atoms with E-state index in [0.717, 1.165) is 6.92 Å². The molecule has 0 aromatic rings. The maximum Gasteiger partial charge on any atom is 0.391 e. The Labute approximate surface area is 74.7 Å². The third-order valence-electron chi connectivity index (χ3n) is 1.66. The fraction of sp³-hybridized carbons (Fsp3) is 0.833. The lowest BCUT2D eigenvalue weighted by molar-refractivity contribution is -0.137. The summed E-state index contributed by atoms with van der Waals surface area (Å²) in [7, 11) is -5.89. The van der Waals surface area contributed by atoms with E-state index in [0.29, 0.717) is 0 Å². The zero-order valence-electron chi connectivity index (χ0n) is 7.08. The molecule has 13 heavy (non-hydrogen) atoms. The van der Waals surface area contributed by atoms with Crippen molar-refractivity contribution in [3.05, 3.63) is 0 Å². The smallest absolute Gasteiger partial charge is 0.391 e. The highest BCUT2D eigenvalue weighted by molar-refractivity contribution is 7.87. The maximum atomic E-state index is 12.5. The van der Waals surface area contributed by atoms with Crippen molar-refractivity contribution in [3.63, 3.8) is 0 Å². The summed E-state index contributed by atoms with van der Waals surface area (Å²) in [5.41, 5.74) is 0. The molecule has 0 bridgehead atoms. The van der Waals surface area contributed by atoms with Crippen molar-refractivity contribution in [1.82, 2.24) is 0 Å². The van der Waals surface area contributed by atoms with Gasteiger partial charge in [-0.25, -0.2) is 8.42 Å². The van der Waals surface area contributed by atoms with Gasteiger partial charge in [0.25, 0.3) is 0 Å². The Bertz CT molecular complexity index is 296. The minimum atomic E-state index is -5.89. The van der Waals surface area contributed by atoms with Gasteiger partial charge in [0.2, 0.25) is 5.78 Å². The van der Waals surface area contributed by atoms with Gasteiger partial charge >= 0.3 is 5.25 Å². The Morgan fingerprint density at radius 2 is 1.92 bits per heavy atom. The normalized spacial score (nSPS) is 15.5. The maximum absolute atomic E-state index is 12.5. The third-order valence-corrected chi connectivity index (χ3v) is 2.49. The molecule has 0 aliphatic heterocycles. The molecule has 0 rings (SSSR count). The van der Waals surface area contributed by atoms with Crippen LogP contribution in [-0.2, 0) is 14.9 Å². The Morgan fingerprint density at radius 3 is 2.15 bits per heavy atom. The second-order valence-electron chi connectivity index (χ2n) is 2.64. The quantitative estimate of drug-likeness (QED) is 0.648. The topological polar surface area (TPSA) is 74.3 Å². The first kappa shape index (κ1) is 12.4. The van der Waals surface area contributed by atoms with Crippen molar-refractivity contribution in [2.45, 2.75) is 25.5 Å². The van der Waals surface area contributed by atoms with Crippen LogP contribution in [0.15, 0.2) is 0 Å². The molecule has 0 amide bonds. The van der Waals surface area contributed by atoms with E-state index in [9.17, 15) is 26.5 Å². The predicted molar refractivity (Wildman–Crippen MR) is 39.1 cm³/mol. The van der Waals surface area contributed by atoms with Crippen LogP contribution >= 0.6 is 0 Å². The number of rotatable bonds is 4. The summed E-state index contributed by atoms with van der Waals surface area (Å²) in [6, 6.07) is 0. The average molecular weight is 215 g/mol. The van der Waals surface area contributed by atoms with Gasteiger partial charge in [0.15, 0.2) is 10.1 Å². The Kier molecular flexibility index (Phi) is 3.51. The highest BCUT2D eigenvalue weighted by Crippen LogP contribution is 2.26. The molecule has 78 valence electrons. The number of alkyl halides is 2. The molecule has 0 saturated carbocycles. The first-order valence-electron chi connectivity index (χ1n) is 3.52. The molecule has 0 fully saturated rings. The van der Waals surface area contributed by atoms with Crippen LogP contribution in [0, 0.1) is 5.92 Å². The first-order chi connectivity index (χ1) is 5.64. The van der Waals surface area contributed by atoms with Crippen molar-refractivity contribution in [2.75, 3.05) is 0 Å². The Morgan fingerprint density at radius 1 is 1.54 bits per heavy atom. The van der Waals surface area contributed by atoms with E-state index in [1.807, 2.05) is 0 Å². The standard InChI is InChI=1S/C6H10F2O4S/c1-3-4(2)5(9)6(7,8)13(10,11)12/h4H,3H2,1-2H3,(H,10,11,12)/p-1. The summed E-state index contributed by atoms with van der Waals surface area (Å²) >= 11 is 0. The second-order valence-corrected chi connectivity index (χ2v) is 4.07. The molecule has 0 heterocycles. The summed E-state index contributed by atoms with van der Waals surface area (Å²) in [4.78, 5) is 10.7. The van der Waals surface area contributed by atoms with E-state index in [2.05, 4.69) is 0 Å². The van der Waals surface area contributed by atoms with Crippen molar-refractivity contribution in [1.29, 1.82) is 0 Å². The molecule has 7 heteroatoms. The number of hydrogen-bond donors (Lipinski definition) is 0. The van der Waals surface area contributed by atoms with Gasteiger partial charge < -0.3 is 4.55 Å². The van der Waals surface area contributed by atoms with E-state index in [-0.39, 0.29) is 6.42 Å². The van der Waals surface area contributed by atoms with Crippen molar-refractivity contribution in [2.24, 2.45) is 5.92 Å². The highest BCUT2D eigenvalue weighted by Gasteiger charge is 2.47. The van der Waals surface area contributed by atoms with Gasteiger partial charge in [-0.1, -0.05) is 13.8 Å². The molecule has 0 N–H and O–H groups in total. The lowest BCUT2D eigenvalue weighted by Gasteiger charge is -2.20. The number of carbonyl (C=O) groups is 1. The minimum absolute atomic E-state index is 0.0595. The summed E-state index contributed by atoms with van der Waals surface area (Å²) in [6.07, 6.45) is 0.0595. The van der Waals surface area contributed by atoms with Crippen LogP contribution < -0.4 is 0 Å². The molecule has 4 nitrogen and oxygen atoms in total. The molecule has 0 aromatic heterocycles. The number of halogens is 2. The lowest BCUT2D eigenvalue weighted by atomic mass is 10.0. The minimum Gasteiger partial charge on any atom is -0.743 e. The van der Waals surface area contributed by atoms with Crippen LogP contribution in [0.25, 0.3) is 0 Å². The van der Waals surface area contributed by atoms with Gasteiger partial charge in [-0.3, -0.25) is 4.79 Å². The molecule has 1 atom stereocenters. The van der Waals surface area contributed by atoms with Gasteiger partial charge in [-0.05, 0) is 6.42 Å². The summed E-state index contributed by atoms with van der Waals surface area (Å²) in [5, 5.41) is -4.80. The lowest BCUT2D eigenvalue weighted by Crippen LogP contribution is -2.40. The van der Waals surface area contributed by atoms with Crippen LogP contribution in [0.3, 0.4) is 0 Å². The van der Waals surface area contributed by atoms with Gasteiger partial charge in [0.05, 0.1) is 0 Å². The summed E-state index contributed by atoms with van der Waals surface area (Å²) in [5.74, 6) is -2.98. The van der Waals surface area contributed by atoms with Crippen molar-refractivity contribution < 1.29 is 26.5 Å². The number of ketones is 1. The van der Waals surface area contributed by atoms with Crippen molar-refractivity contribution in [3.8, 4) is 0 Å². The van der Waals surface area contributed by atoms with Gasteiger partial charge in [-0.15, -0.1) is 0 Å². The van der Waals surface area contributed by atoms with Crippen LogP contribution in [0.2, 0.25) is 0 Å². The molecular formula is C6H9F2O4S-. The zero-order chi connectivity index (χ0) is 10.9. The molecule has 0 saturated heterocycles. The van der Waals surface area contributed by atoms with Gasteiger partial charge in [0, 0.05) is 5.92 Å². The predicted octanol–water partition coefficient (Wildman–Crippen LogP) is 0.740.